The first-order valence-corrected chi connectivity index (χ1v) is 15.7. The van der Waals surface area contributed by atoms with E-state index in [0.717, 1.165) is 75.8 Å². The number of likely N-dealkylation sites (tertiary alicyclic amines) is 1. The molecule has 0 spiro atoms. The van der Waals surface area contributed by atoms with Crippen LogP contribution in [0.4, 0.5) is 5.69 Å². The summed E-state index contributed by atoms with van der Waals surface area (Å²) in [6, 6.07) is 4.37. The fourth-order valence-corrected chi connectivity index (χ4v) is 5.72. The van der Waals surface area contributed by atoms with Gasteiger partial charge in [-0.3, -0.25) is 29.1 Å². The largest absolute Gasteiger partial charge is 0.384 e. The lowest BCUT2D eigenvalue weighted by molar-refractivity contribution is -0.132. The standard InChI is InChI=1S/C32H47N7O5/c1-33-27(41)16-15-24(22-40)39-30(43)25-12-11-13-26(29(25)31(39)44)36-19-10-8-6-4-5-7-9-14-28(42)38-20-17-23(18-21-38)37-32(34-2)35-3/h11-13,22-24,36H,2,4-10,14-21H2,1,3H3,(H,33,41)(H,35,37). The topological polar surface area (TPSA) is 153 Å². The minimum atomic E-state index is -0.990. The third-order valence-corrected chi connectivity index (χ3v) is 8.31. The number of hydrogen-bond donors (Lipinski definition) is 3. The molecule has 0 aromatic heterocycles. The number of aldehydes is 1. The molecule has 240 valence electrons. The van der Waals surface area contributed by atoms with Crippen LogP contribution in [0.1, 0.15) is 97.8 Å². The molecule has 0 bridgehead atoms. The number of piperidine rings is 1. The van der Waals surface area contributed by atoms with E-state index in [1.165, 1.54) is 7.05 Å². The number of unbranched alkanes of at least 4 members (excludes halogenated alkanes) is 6. The molecule has 0 saturated carbocycles. The lowest BCUT2D eigenvalue weighted by atomic mass is 10.0. The van der Waals surface area contributed by atoms with E-state index < -0.39 is 17.9 Å². The van der Waals surface area contributed by atoms with Crippen molar-refractivity contribution in [3.63, 3.8) is 0 Å². The molecular weight excluding hydrogens is 562 g/mol. The molecule has 3 N–H and O–H groups in total. The van der Waals surface area contributed by atoms with Crippen LogP contribution in [0.15, 0.2) is 28.2 Å². The maximum absolute atomic E-state index is 13.2. The number of nitrogens with one attached hydrogen (secondary N) is 3. The summed E-state index contributed by atoms with van der Waals surface area (Å²) in [6.45, 7) is 5.68. The predicted octanol–water partition coefficient (Wildman–Crippen LogP) is 3.18. The normalized spacial score (nSPS) is 16.0. The van der Waals surface area contributed by atoms with Gasteiger partial charge >= 0.3 is 0 Å². The van der Waals surface area contributed by atoms with Gasteiger partial charge in [-0.2, -0.15) is 0 Å². The van der Waals surface area contributed by atoms with Gasteiger partial charge < -0.3 is 25.6 Å². The molecule has 1 atom stereocenters. The van der Waals surface area contributed by atoms with Gasteiger partial charge in [-0.15, -0.1) is 0 Å². The van der Waals surface area contributed by atoms with E-state index in [4.69, 9.17) is 0 Å². The van der Waals surface area contributed by atoms with Crippen LogP contribution in [-0.4, -0.2) is 98.2 Å². The minimum absolute atomic E-state index is 0.0411. The number of carbonyl (C=O) groups excluding carboxylic acids is 5. The number of guanidine groups is 1. The fraction of sp³-hybridized carbons (Fsp3) is 0.594. The number of amides is 4. The molecule has 1 aromatic carbocycles. The average molecular weight is 610 g/mol. The van der Waals surface area contributed by atoms with Crippen molar-refractivity contribution in [3.05, 3.63) is 29.3 Å². The number of fused-ring (bicyclic) bond motifs is 1. The Kier molecular flexibility index (Phi) is 14.0. The maximum atomic E-state index is 13.2. The van der Waals surface area contributed by atoms with Gasteiger partial charge in [0.25, 0.3) is 11.8 Å². The minimum Gasteiger partial charge on any atom is -0.384 e. The molecule has 1 fully saturated rings. The molecule has 4 amide bonds. The van der Waals surface area contributed by atoms with Gasteiger partial charge in [-0.1, -0.05) is 38.2 Å². The van der Waals surface area contributed by atoms with Crippen LogP contribution < -0.4 is 16.0 Å². The van der Waals surface area contributed by atoms with Crippen LogP contribution in [0.25, 0.3) is 0 Å². The SMILES string of the molecule is C=NC(=NC)NC1CCN(C(=O)CCCCCCCCCNc2cccc3c2C(=O)N(C(C=O)CCC(=O)NC)C3=O)CC1. The highest BCUT2D eigenvalue weighted by Gasteiger charge is 2.41. The van der Waals surface area contributed by atoms with Crippen molar-refractivity contribution in [2.24, 2.45) is 9.98 Å². The smallest absolute Gasteiger partial charge is 0.264 e. The number of benzene rings is 1. The van der Waals surface area contributed by atoms with E-state index in [9.17, 15) is 24.0 Å². The molecule has 1 aromatic rings. The summed E-state index contributed by atoms with van der Waals surface area (Å²) in [5.74, 6) is -0.491. The number of hydrogen-bond acceptors (Lipinski definition) is 7. The number of nitrogens with zero attached hydrogens (tertiary/aromatic N) is 4. The van der Waals surface area contributed by atoms with Crippen molar-refractivity contribution >= 4 is 48.3 Å². The zero-order valence-electron chi connectivity index (χ0n) is 26.1. The van der Waals surface area contributed by atoms with Crippen LogP contribution in [0.3, 0.4) is 0 Å². The highest BCUT2D eigenvalue weighted by molar-refractivity contribution is 6.24. The van der Waals surface area contributed by atoms with Crippen molar-refractivity contribution in [2.75, 3.05) is 39.0 Å². The molecule has 1 unspecified atom stereocenters. The highest BCUT2D eigenvalue weighted by Crippen LogP contribution is 2.31. The predicted molar refractivity (Wildman–Crippen MR) is 171 cm³/mol. The number of aliphatic imine (C=N–C) groups is 2. The fourth-order valence-electron chi connectivity index (χ4n) is 5.72. The molecular formula is C32H47N7O5. The van der Waals surface area contributed by atoms with Gasteiger partial charge in [0.05, 0.1) is 17.2 Å². The lowest BCUT2D eigenvalue weighted by Crippen LogP contribution is -2.46. The van der Waals surface area contributed by atoms with Crippen LogP contribution in [0, 0.1) is 0 Å². The van der Waals surface area contributed by atoms with Crippen molar-refractivity contribution in [1.29, 1.82) is 0 Å². The molecule has 2 aliphatic rings. The molecule has 1 saturated heterocycles. The lowest BCUT2D eigenvalue weighted by Gasteiger charge is -2.32. The van der Waals surface area contributed by atoms with Crippen LogP contribution in [0.2, 0.25) is 0 Å². The number of rotatable bonds is 17. The second-order valence-corrected chi connectivity index (χ2v) is 11.3. The molecule has 2 aliphatic heterocycles. The molecule has 2 heterocycles. The van der Waals surface area contributed by atoms with Crippen molar-refractivity contribution in [1.82, 2.24) is 20.4 Å². The van der Waals surface area contributed by atoms with Gasteiger partial charge in [0.2, 0.25) is 17.8 Å². The van der Waals surface area contributed by atoms with E-state index in [-0.39, 0.29) is 41.8 Å². The Labute approximate surface area is 260 Å². The molecule has 12 heteroatoms. The summed E-state index contributed by atoms with van der Waals surface area (Å²) in [5, 5.41) is 9.04. The Balaban J connectivity index is 1.29. The number of imide groups is 1. The molecule has 12 nitrogen and oxygen atoms in total. The van der Waals surface area contributed by atoms with Crippen LogP contribution in [-0.2, 0) is 14.4 Å². The van der Waals surface area contributed by atoms with Gasteiger partial charge in [0, 0.05) is 58.3 Å². The van der Waals surface area contributed by atoms with Crippen molar-refractivity contribution in [2.45, 2.75) is 89.1 Å². The molecule has 3 rings (SSSR count). The third kappa shape index (κ3) is 9.45. The first kappa shape index (κ1) is 34.4. The Morgan fingerprint density at radius 3 is 2.34 bits per heavy atom. The van der Waals surface area contributed by atoms with E-state index in [0.29, 0.717) is 30.9 Å². The van der Waals surface area contributed by atoms with E-state index >= 15 is 0 Å². The average Bonchev–Trinajstić information content (AvgIpc) is 3.30. The van der Waals surface area contributed by atoms with Gasteiger partial charge in [-0.25, -0.2) is 4.99 Å². The van der Waals surface area contributed by atoms with E-state index in [1.807, 2.05) is 4.90 Å². The van der Waals surface area contributed by atoms with E-state index in [2.05, 4.69) is 32.7 Å². The zero-order valence-corrected chi connectivity index (χ0v) is 26.1. The number of anilines is 1. The van der Waals surface area contributed by atoms with Gasteiger partial charge in [0.15, 0.2) is 0 Å². The van der Waals surface area contributed by atoms with E-state index in [1.54, 1.807) is 25.2 Å². The first-order chi connectivity index (χ1) is 21.3. The Hall–Kier alpha value is -4.09. The van der Waals surface area contributed by atoms with Crippen LogP contribution >= 0.6 is 0 Å². The molecule has 0 aliphatic carbocycles. The quantitative estimate of drug-likeness (QED) is 0.0806. The summed E-state index contributed by atoms with van der Waals surface area (Å²) in [4.78, 5) is 72.9. The summed E-state index contributed by atoms with van der Waals surface area (Å²) in [6.07, 6.45) is 10.2. The highest BCUT2D eigenvalue weighted by atomic mass is 16.2. The Bertz CT molecular complexity index is 1210. The summed E-state index contributed by atoms with van der Waals surface area (Å²) < 4.78 is 0. The number of carbonyl (C=O) groups is 5. The summed E-state index contributed by atoms with van der Waals surface area (Å²) >= 11 is 0. The second-order valence-electron chi connectivity index (χ2n) is 11.3. The Morgan fingerprint density at radius 2 is 1.70 bits per heavy atom. The first-order valence-electron chi connectivity index (χ1n) is 15.7. The third-order valence-electron chi connectivity index (χ3n) is 8.31. The monoisotopic (exact) mass is 609 g/mol. The summed E-state index contributed by atoms with van der Waals surface area (Å²) in [5.41, 5.74) is 1.14. The maximum Gasteiger partial charge on any atom is 0.264 e. The van der Waals surface area contributed by atoms with Crippen molar-refractivity contribution in [3.8, 4) is 0 Å². The van der Waals surface area contributed by atoms with Gasteiger partial charge in [0.1, 0.15) is 6.29 Å². The zero-order chi connectivity index (χ0) is 31.9. The second kappa shape index (κ2) is 17.9. The Morgan fingerprint density at radius 1 is 1.02 bits per heavy atom. The van der Waals surface area contributed by atoms with Crippen LogP contribution in [0.5, 0.6) is 0 Å². The van der Waals surface area contributed by atoms with Crippen molar-refractivity contribution < 1.29 is 24.0 Å². The molecule has 44 heavy (non-hydrogen) atoms. The summed E-state index contributed by atoms with van der Waals surface area (Å²) in [7, 11) is 3.18. The van der Waals surface area contributed by atoms with Gasteiger partial charge in [-0.05, 0) is 51.0 Å². The molecule has 0 radical (unpaired) electrons.